The molecule has 1 saturated heterocycles. The summed E-state index contributed by atoms with van der Waals surface area (Å²) in [6, 6.07) is 7.75. The van der Waals surface area contributed by atoms with E-state index in [-0.39, 0.29) is 0 Å². The van der Waals surface area contributed by atoms with E-state index in [1.165, 1.54) is 25.7 Å². The first kappa shape index (κ1) is 17.9. The zero-order valence-corrected chi connectivity index (χ0v) is 13.8. The van der Waals surface area contributed by atoms with Gasteiger partial charge in [0.15, 0.2) is 0 Å². The molecular weight excluding hydrogens is 289 g/mol. The monoisotopic (exact) mass is 315 g/mol. The molecule has 0 spiro atoms. The van der Waals surface area contributed by atoms with E-state index in [0.29, 0.717) is 12.9 Å². The number of carbonyl (C=O) groups is 1. The van der Waals surface area contributed by atoms with Crippen LogP contribution >= 0.6 is 0 Å². The fourth-order valence-electron chi connectivity index (χ4n) is 3.11. The maximum absolute atomic E-state index is 10.5. The van der Waals surface area contributed by atoms with Crippen molar-refractivity contribution in [3.8, 4) is 5.75 Å². The molecule has 1 fully saturated rings. The second-order valence-electron chi connectivity index (χ2n) is 6.27. The Morgan fingerprint density at radius 3 is 2.57 bits per heavy atom. The topological polar surface area (TPSA) is 46.6 Å². The predicted octanol–water partition coefficient (Wildman–Crippen LogP) is 2.70. The summed E-state index contributed by atoms with van der Waals surface area (Å²) in [6.45, 7) is 2.87. The van der Waals surface area contributed by atoms with Crippen LogP contribution in [0.4, 0.5) is 0 Å². The van der Waals surface area contributed by atoms with Crippen molar-refractivity contribution >= 4 is 13.4 Å². The molecule has 2 rings (SSSR count). The Labute approximate surface area is 139 Å². The van der Waals surface area contributed by atoms with Crippen LogP contribution in [0.3, 0.4) is 0 Å². The molecule has 5 heteroatoms. The number of likely N-dealkylation sites (tertiary alicyclic amines) is 1. The number of benzene rings is 1. The van der Waals surface area contributed by atoms with E-state index in [9.17, 15) is 9.50 Å². The molecule has 124 valence electrons. The Kier molecular flexibility index (Phi) is 8.01. The summed E-state index contributed by atoms with van der Waals surface area (Å²) >= 11 is 0. The summed E-state index contributed by atoms with van der Waals surface area (Å²) in [5.74, 6) is 1.68. The van der Waals surface area contributed by atoms with E-state index in [1.54, 1.807) is 0 Å². The number of rotatable bonds is 10. The minimum absolute atomic E-state index is 0.464. The first-order valence-electron chi connectivity index (χ1n) is 8.63. The van der Waals surface area contributed by atoms with Crippen molar-refractivity contribution in [3.63, 3.8) is 0 Å². The Bertz CT molecular complexity index is 470. The molecule has 0 saturated carbocycles. The van der Waals surface area contributed by atoms with Crippen molar-refractivity contribution in [3.05, 3.63) is 29.8 Å². The van der Waals surface area contributed by atoms with Crippen molar-refractivity contribution < 1.29 is 14.2 Å². The van der Waals surface area contributed by atoms with Crippen molar-refractivity contribution in [1.82, 2.24) is 4.90 Å². The second kappa shape index (κ2) is 10.3. The Balaban J connectivity index is 1.54. The van der Waals surface area contributed by atoms with Crippen LogP contribution in [0.5, 0.6) is 5.75 Å². The van der Waals surface area contributed by atoms with E-state index in [2.05, 4.69) is 4.90 Å². The Morgan fingerprint density at radius 1 is 1.17 bits per heavy atom. The summed E-state index contributed by atoms with van der Waals surface area (Å²) in [5.41, 5.74) is 1.02. The zero-order chi connectivity index (χ0) is 16.3. The van der Waals surface area contributed by atoms with Crippen LogP contribution in [0, 0.1) is 5.92 Å². The number of aldehydes is 1. The summed E-state index contributed by atoms with van der Waals surface area (Å²) in [6.07, 6.45) is 7.93. The van der Waals surface area contributed by atoms with Gasteiger partial charge in [-0.1, -0.05) is 12.1 Å². The molecule has 0 unspecified atom stereocenters. The van der Waals surface area contributed by atoms with Gasteiger partial charge in [-0.05, 0) is 5.56 Å². The van der Waals surface area contributed by atoms with E-state index in [4.69, 9.17) is 4.74 Å². The average Bonchev–Trinajstić information content (AvgIpc) is 2.58. The maximum atomic E-state index is 10.5. The minimum atomic E-state index is 0.464. The third-order valence-corrected chi connectivity index (χ3v) is 4.56. The van der Waals surface area contributed by atoms with Crippen molar-refractivity contribution in [2.24, 2.45) is 5.92 Å². The van der Waals surface area contributed by atoms with Gasteiger partial charge in [0.2, 0.25) is 0 Å². The van der Waals surface area contributed by atoms with Gasteiger partial charge in [0.05, 0.1) is 0 Å². The molecule has 0 N–H and O–H groups in total. The van der Waals surface area contributed by atoms with E-state index in [1.807, 2.05) is 24.3 Å². The summed E-state index contributed by atoms with van der Waals surface area (Å²) in [4.78, 5) is 12.7. The molecule has 0 aliphatic carbocycles. The molecule has 1 heterocycles. The van der Waals surface area contributed by atoms with Gasteiger partial charge >= 0.3 is 104 Å². The number of piperidine rings is 1. The van der Waals surface area contributed by atoms with Crippen molar-refractivity contribution in [1.29, 1.82) is 0 Å². The number of carbonyl (C=O) groups excluding carboxylic acids is 1. The molecule has 1 aromatic carbocycles. The van der Waals surface area contributed by atoms with Crippen LogP contribution in [-0.4, -0.2) is 44.5 Å². The molecule has 0 bridgehead atoms. The molecule has 4 nitrogen and oxygen atoms in total. The van der Waals surface area contributed by atoms with Gasteiger partial charge in [-0.25, -0.2) is 0 Å². The number of unbranched alkanes of at least 4 members (excludes halogenated alkanes) is 1. The molecule has 1 aromatic rings. The van der Waals surface area contributed by atoms with Crippen LogP contribution in [0.1, 0.15) is 37.7 Å². The number of hydrogen-bond acceptors (Lipinski definition) is 4. The van der Waals surface area contributed by atoms with Gasteiger partial charge in [0, 0.05) is 6.42 Å². The molecule has 0 amide bonds. The van der Waals surface area contributed by atoms with Gasteiger partial charge < -0.3 is 4.79 Å². The van der Waals surface area contributed by atoms with Gasteiger partial charge in [0.1, 0.15) is 6.29 Å². The quantitative estimate of drug-likeness (QED) is 0.378. The van der Waals surface area contributed by atoms with Gasteiger partial charge in [-0.3, -0.25) is 0 Å². The molecule has 1 aliphatic heterocycles. The third kappa shape index (κ3) is 6.65. The predicted molar refractivity (Wildman–Crippen MR) is 91.2 cm³/mol. The van der Waals surface area contributed by atoms with Gasteiger partial charge in [-0.15, -0.1) is 0 Å². The zero-order valence-electron chi connectivity index (χ0n) is 13.8. The van der Waals surface area contributed by atoms with Crippen LogP contribution in [0.2, 0.25) is 0 Å². The standard InChI is InChI=1S/C18H26BNO3/c21-13-10-17-4-6-18(7-5-17)23-14-2-1-3-16-8-11-20(12-9-16)15-19-22/h4-7,13,16H,1-3,8-12,14-15H2. The molecule has 0 atom stereocenters. The molecule has 0 radical (unpaired) electrons. The SMILES string of the molecule is O=BCN1CCC(CCCCOc2ccc(CC=O)cc2)CC1. The Morgan fingerprint density at radius 2 is 1.91 bits per heavy atom. The molecular formula is C18H26BNO3. The fourth-order valence-corrected chi connectivity index (χ4v) is 3.11. The molecule has 1 aliphatic rings. The third-order valence-electron chi connectivity index (χ3n) is 4.56. The summed E-state index contributed by atoms with van der Waals surface area (Å²) in [7, 11) is 1.00. The first-order valence-corrected chi connectivity index (χ1v) is 8.63. The van der Waals surface area contributed by atoms with E-state index >= 15 is 0 Å². The van der Waals surface area contributed by atoms with Crippen LogP contribution < -0.4 is 4.74 Å². The van der Waals surface area contributed by atoms with E-state index < -0.39 is 0 Å². The average molecular weight is 315 g/mol. The molecule has 0 aromatic heterocycles. The summed E-state index contributed by atoms with van der Waals surface area (Å²) in [5, 5.41) is 0. The normalized spacial score (nSPS) is 16.0. The van der Waals surface area contributed by atoms with Crippen molar-refractivity contribution in [2.45, 2.75) is 38.5 Å². The van der Waals surface area contributed by atoms with E-state index in [0.717, 1.165) is 56.8 Å². The number of nitrogens with zero attached hydrogens (tertiary/aromatic N) is 1. The first-order chi connectivity index (χ1) is 11.3. The van der Waals surface area contributed by atoms with Crippen LogP contribution in [0.25, 0.3) is 0 Å². The molecule has 23 heavy (non-hydrogen) atoms. The number of hydrogen-bond donors (Lipinski definition) is 0. The Hall–Kier alpha value is -1.49. The van der Waals surface area contributed by atoms with Gasteiger partial charge in [0.25, 0.3) is 0 Å². The van der Waals surface area contributed by atoms with Gasteiger partial charge in [-0.2, -0.15) is 0 Å². The van der Waals surface area contributed by atoms with Crippen molar-refractivity contribution in [2.75, 3.05) is 26.1 Å². The number of ether oxygens (including phenoxy) is 1. The summed E-state index contributed by atoms with van der Waals surface area (Å²) < 4.78 is 16.2. The fraction of sp³-hybridized carbons (Fsp3) is 0.611. The van der Waals surface area contributed by atoms with Crippen LogP contribution in [-0.2, 0) is 15.9 Å². The van der Waals surface area contributed by atoms with Crippen LogP contribution in [0.15, 0.2) is 24.3 Å². The second-order valence-corrected chi connectivity index (χ2v) is 6.27.